The van der Waals surface area contributed by atoms with Crippen molar-refractivity contribution in [3.05, 3.63) is 208 Å². The maximum absolute atomic E-state index is 8.81. The molecule has 0 fully saturated rings. The van der Waals surface area contributed by atoms with Crippen LogP contribution in [0.15, 0.2) is 164 Å². The molecule has 0 bridgehead atoms. The summed E-state index contributed by atoms with van der Waals surface area (Å²) in [6.45, 7) is 4.00. The van der Waals surface area contributed by atoms with Crippen molar-refractivity contribution in [1.82, 2.24) is 30.6 Å². The fourth-order valence-electron chi connectivity index (χ4n) is 5.55. The van der Waals surface area contributed by atoms with Crippen molar-refractivity contribution in [2.45, 2.75) is 36.1 Å². The molecule has 0 unspecified atom stereocenters. The van der Waals surface area contributed by atoms with Gasteiger partial charge in [-0.25, -0.2) is 0 Å². The van der Waals surface area contributed by atoms with Gasteiger partial charge in [0.2, 0.25) is 0 Å². The van der Waals surface area contributed by atoms with Crippen LogP contribution in [0.5, 0.6) is 0 Å². The van der Waals surface area contributed by atoms with E-state index >= 15 is 0 Å². The number of hydrogen-bond acceptors (Lipinski definition) is 6. The smallest absolute Gasteiger partial charge is 0.194 e. The molecule has 10 nitrogen and oxygen atoms in total. The maximum atomic E-state index is 8.81. The van der Waals surface area contributed by atoms with E-state index in [1.807, 2.05) is 141 Å². The Morgan fingerprint density at radius 3 is 0.871 bits per heavy atom. The van der Waals surface area contributed by atoms with E-state index < -0.39 is 4.92 Å². The number of fused-ring (bicyclic) bond motifs is 3. The molecule has 3 heterocycles. The molecular formula is C52H62N8O2. The third-order valence-electron chi connectivity index (χ3n) is 8.20. The van der Waals surface area contributed by atoms with Gasteiger partial charge in [-0.05, 0) is 60.2 Å². The monoisotopic (exact) mass is 830 g/mol. The molecule has 9 rings (SSSR count). The third kappa shape index (κ3) is 16.5. The van der Waals surface area contributed by atoms with Gasteiger partial charge < -0.3 is 5.73 Å². The predicted molar refractivity (Wildman–Crippen MR) is 269 cm³/mol. The molecular weight excluding hydrogens is 769 g/mol. The van der Waals surface area contributed by atoms with E-state index in [0.29, 0.717) is 0 Å². The number of hydrogen-bond donors (Lipinski definition) is 4. The van der Waals surface area contributed by atoms with Crippen molar-refractivity contribution >= 4 is 69.2 Å². The maximum Gasteiger partial charge on any atom is 0.194 e. The average Bonchev–Trinajstić information content (AvgIpc) is 4.04. The molecule has 9 aromatic rings. The fraction of sp³-hybridized carbons (Fsp3) is 0.135. The summed E-state index contributed by atoms with van der Waals surface area (Å²) in [5.74, 6) is 0. The number of nitrogens with one attached hydrogen (secondary N) is 3. The lowest BCUT2D eigenvalue weighted by Gasteiger charge is -1.91. The minimum Gasteiger partial charge on any atom is -0.333 e. The number of nitro groups is 1. The molecule has 0 saturated carbocycles. The molecule has 3 aromatic heterocycles. The van der Waals surface area contributed by atoms with Gasteiger partial charge in [-0.3, -0.25) is 25.4 Å². The Morgan fingerprint density at radius 2 is 0.629 bits per heavy atom. The van der Waals surface area contributed by atoms with Gasteiger partial charge in [0.1, 0.15) is 0 Å². The van der Waals surface area contributed by atoms with E-state index in [4.69, 9.17) is 10.1 Å². The summed E-state index contributed by atoms with van der Waals surface area (Å²) in [6, 6.07) is 55.1. The lowest BCUT2D eigenvalue weighted by atomic mass is 10.1. The molecule has 0 saturated heterocycles. The van der Waals surface area contributed by atoms with Crippen LogP contribution in [-0.4, -0.2) is 49.6 Å². The second-order valence-electron chi connectivity index (χ2n) is 12.1. The number of nitrogens with zero attached hydrogens (tertiary/aromatic N) is 4. The highest BCUT2D eigenvalue weighted by Crippen LogP contribution is 2.19. The van der Waals surface area contributed by atoms with Gasteiger partial charge in [-0.2, -0.15) is 15.3 Å². The molecule has 0 amide bonds. The van der Waals surface area contributed by atoms with Crippen LogP contribution < -0.4 is 5.73 Å². The number of nitrogens with two attached hydrogens (primary N) is 1. The van der Waals surface area contributed by atoms with Crippen molar-refractivity contribution < 1.29 is 4.92 Å². The fourth-order valence-corrected chi connectivity index (χ4v) is 5.55. The van der Waals surface area contributed by atoms with Crippen molar-refractivity contribution in [1.29, 1.82) is 0 Å². The number of aromatic nitrogens is 6. The molecule has 0 aliphatic rings. The van der Waals surface area contributed by atoms with Crippen molar-refractivity contribution in [2.24, 2.45) is 5.73 Å². The largest absolute Gasteiger partial charge is 0.333 e. The van der Waals surface area contributed by atoms with Crippen LogP contribution in [0.2, 0.25) is 0 Å². The minimum atomic E-state index is -0.500. The summed E-state index contributed by atoms with van der Waals surface area (Å²) in [7, 11) is 2.39. The molecule has 0 aliphatic heterocycles. The highest BCUT2D eigenvalue weighted by Gasteiger charge is 2.02. The van der Waals surface area contributed by atoms with Gasteiger partial charge >= 0.3 is 0 Å². The van der Waals surface area contributed by atoms with Crippen LogP contribution in [0, 0.1) is 10.1 Å². The van der Waals surface area contributed by atoms with Crippen LogP contribution in [0.25, 0.3) is 69.2 Å². The van der Waals surface area contributed by atoms with Gasteiger partial charge in [-0.15, -0.1) is 0 Å². The first kappa shape index (κ1) is 52.3. The summed E-state index contributed by atoms with van der Waals surface area (Å²) in [6.07, 6.45) is 12.3. The second-order valence-corrected chi connectivity index (χ2v) is 12.1. The van der Waals surface area contributed by atoms with E-state index in [-0.39, 0.29) is 22.3 Å². The molecule has 6 aromatic carbocycles. The molecule has 0 radical (unpaired) electrons. The zero-order valence-electron chi connectivity index (χ0n) is 33.7. The molecule has 322 valence electrons. The van der Waals surface area contributed by atoms with Gasteiger partial charge in [0, 0.05) is 21.1 Å². The predicted octanol–water partition coefficient (Wildman–Crippen LogP) is 13.6. The van der Waals surface area contributed by atoms with Crippen LogP contribution in [0.1, 0.15) is 69.9 Å². The van der Waals surface area contributed by atoms with E-state index in [0.717, 1.165) is 56.8 Å². The van der Waals surface area contributed by atoms with Crippen molar-refractivity contribution in [3.8, 4) is 0 Å². The zero-order chi connectivity index (χ0) is 42.1. The van der Waals surface area contributed by atoms with Crippen LogP contribution in [-0.2, 0) is 0 Å². The molecule has 0 spiro atoms. The van der Waals surface area contributed by atoms with E-state index in [1.165, 1.54) is 23.7 Å². The molecule has 5 N–H and O–H groups in total. The molecule has 62 heavy (non-hydrogen) atoms. The normalized spacial score (nSPS) is 9.89. The average molecular weight is 831 g/mol. The highest BCUT2D eigenvalue weighted by atomic mass is 16.6. The van der Waals surface area contributed by atoms with E-state index in [9.17, 15) is 0 Å². The summed E-state index contributed by atoms with van der Waals surface area (Å²) in [5, 5.41) is 34.2. The summed E-state index contributed by atoms with van der Waals surface area (Å²) < 4.78 is 0. The Morgan fingerprint density at radius 1 is 0.419 bits per heavy atom. The van der Waals surface area contributed by atoms with Crippen LogP contribution in [0.4, 0.5) is 0 Å². The number of aromatic amines is 3. The number of H-pyrrole nitrogens is 3. The molecule has 0 aliphatic carbocycles. The Kier molecular flexibility index (Phi) is 24.9. The summed E-state index contributed by atoms with van der Waals surface area (Å²) >= 11 is 0. The SMILES string of the molecule is C.C.C.C(=C\c1n[nH]c2ccccc12)/c1ccccc1.C(=C\c1n[nH]c2ccccc12)/c1ccccc1.C(=C\c1n[nH]c2ccccc12)/c1ccccc1.CC.CN.C[N+](=O)[O-]. The summed E-state index contributed by atoms with van der Waals surface area (Å²) in [4.78, 5) is 8.31. The van der Waals surface area contributed by atoms with Crippen LogP contribution >= 0.6 is 0 Å². The van der Waals surface area contributed by atoms with Crippen LogP contribution in [0.3, 0.4) is 0 Å². The van der Waals surface area contributed by atoms with E-state index in [1.54, 1.807) is 0 Å². The Bertz CT molecular complexity index is 2360. The molecule has 0 atom stereocenters. The van der Waals surface area contributed by atoms with E-state index in [2.05, 4.69) is 109 Å². The molecule has 10 heteroatoms. The summed E-state index contributed by atoms with van der Waals surface area (Å²) in [5.41, 5.74) is 14.2. The third-order valence-corrected chi connectivity index (χ3v) is 8.20. The highest BCUT2D eigenvalue weighted by molar-refractivity contribution is 5.91. The Balaban J connectivity index is 0.000000419. The van der Waals surface area contributed by atoms with Crippen molar-refractivity contribution in [3.63, 3.8) is 0 Å². The first-order valence-corrected chi connectivity index (χ1v) is 19.2. The number of benzene rings is 6. The number of para-hydroxylation sites is 3. The van der Waals surface area contributed by atoms with Gasteiger partial charge in [0.15, 0.2) is 7.05 Å². The zero-order valence-corrected chi connectivity index (χ0v) is 33.7. The minimum absolute atomic E-state index is 0. The quantitative estimate of drug-likeness (QED) is 0.0966. The van der Waals surface area contributed by atoms with Crippen molar-refractivity contribution in [2.75, 3.05) is 14.1 Å². The van der Waals surface area contributed by atoms with Gasteiger partial charge in [-0.1, -0.05) is 200 Å². The lowest BCUT2D eigenvalue weighted by Crippen LogP contribution is -1.79. The first-order valence-electron chi connectivity index (χ1n) is 19.2. The Labute approximate surface area is 367 Å². The topological polar surface area (TPSA) is 155 Å². The van der Waals surface area contributed by atoms with Gasteiger partial charge in [0.05, 0.1) is 33.6 Å². The van der Waals surface area contributed by atoms with Gasteiger partial charge in [0.25, 0.3) is 0 Å². The second kappa shape index (κ2) is 29.5. The Hall–Kier alpha value is -7.69. The first-order chi connectivity index (χ1) is 29.0. The standard InChI is InChI=1S/3C15H12N2.C2H6.CH3NO2.CH5N.3CH4/c3*1-2-6-12(7-3-1)10-11-15-13-8-4-5-9-14(13)16-17-15;1-2;1-2(3)4;1-2;;;/h3*1-11H,(H,16,17);1-2H3;1H3;2H2,1H3;3*1H4/b3*11-10+;;;;;;. The number of rotatable bonds is 6. The lowest BCUT2D eigenvalue weighted by molar-refractivity contribution is -0.445.